The van der Waals surface area contributed by atoms with Gasteiger partial charge in [-0.3, -0.25) is 4.99 Å². The lowest BCUT2D eigenvalue weighted by molar-refractivity contribution is 0.0193. The van der Waals surface area contributed by atoms with Crippen LogP contribution in [-0.2, 0) is 14.8 Å². The quantitative estimate of drug-likeness (QED) is 0.310. The number of carbonyl (C=O) groups excluding carboxylic acids is 1. The van der Waals surface area contributed by atoms with Gasteiger partial charge in [-0.15, -0.1) is 24.0 Å². The molecule has 2 fully saturated rings. The molecule has 9 nitrogen and oxygen atoms in total. The van der Waals surface area contributed by atoms with Gasteiger partial charge in [0.15, 0.2) is 5.96 Å². The SMILES string of the molecule is CN=C(NCC1CCN(S(C)(=O)=O)CC1)NC1CCCN(C(=O)OC(C)(C)C)C1.I. The van der Waals surface area contributed by atoms with Gasteiger partial charge in [-0.1, -0.05) is 0 Å². The Labute approximate surface area is 198 Å². The Bertz CT molecular complexity index is 688. The summed E-state index contributed by atoms with van der Waals surface area (Å²) in [7, 11) is -1.36. The lowest BCUT2D eigenvalue weighted by Crippen LogP contribution is -2.53. The second-order valence-corrected chi connectivity index (χ2v) is 11.0. The molecule has 0 aromatic heterocycles. The van der Waals surface area contributed by atoms with E-state index in [1.54, 1.807) is 16.3 Å². The van der Waals surface area contributed by atoms with Gasteiger partial charge in [-0.2, -0.15) is 0 Å². The van der Waals surface area contributed by atoms with Gasteiger partial charge >= 0.3 is 6.09 Å². The summed E-state index contributed by atoms with van der Waals surface area (Å²) in [5.41, 5.74) is -0.498. The van der Waals surface area contributed by atoms with E-state index in [0.29, 0.717) is 38.1 Å². The van der Waals surface area contributed by atoms with Crippen LogP contribution in [0.2, 0.25) is 0 Å². The van der Waals surface area contributed by atoms with E-state index >= 15 is 0 Å². The van der Waals surface area contributed by atoms with Gasteiger partial charge in [0.1, 0.15) is 5.60 Å². The molecule has 30 heavy (non-hydrogen) atoms. The first kappa shape index (κ1) is 27.2. The highest BCUT2D eigenvalue weighted by atomic mass is 127. The van der Waals surface area contributed by atoms with Crippen molar-refractivity contribution in [1.29, 1.82) is 0 Å². The Kier molecular flexibility index (Phi) is 10.6. The molecule has 2 N–H and O–H groups in total. The first-order valence-electron chi connectivity index (χ1n) is 10.4. The zero-order valence-corrected chi connectivity index (χ0v) is 22.0. The molecule has 176 valence electrons. The van der Waals surface area contributed by atoms with Crippen molar-refractivity contribution in [2.24, 2.45) is 10.9 Å². The summed E-state index contributed by atoms with van der Waals surface area (Å²) in [5.74, 6) is 1.13. The fraction of sp³-hybridized carbons (Fsp3) is 0.895. The number of nitrogens with zero attached hydrogens (tertiary/aromatic N) is 3. The number of hydrogen-bond donors (Lipinski definition) is 2. The van der Waals surface area contributed by atoms with E-state index < -0.39 is 15.6 Å². The maximum absolute atomic E-state index is 12.3. The van der Waals surface area contributed by atoms with Crippen LogP contribution >= 0.6 is 24.0 Å². The number of nitrogens with one attached hydrogen (secondary N) is 2. The Morgan fingerprint density at radius 3 is 2.33 bits per heavy atom. The Balaban J connectivity index is 0.00000450. The van der Waals surface area contributed by atoms with Gasteiger partial charge in [0.2, 0.25) is 10.0 Å². The molecule has 2 heterocycles. The maximum Gasteiger partial charge on any atom is 0.410 e. The number of hydrogen-bond acceptors (Lipinski definition) is 5. The number of piperidine rings is 2. The number of aliphatic imine (C=N–C) groups is 1. The number of rotatable bonds is 4. The molecule has 0 radical (unpaired) electrons. The molecular weight excluding hydrogens is 521 g/mol. The van der Waals surface area contributed by atoms with Crippen LogP contribution in [0.5, 0.6) is 0 Å². The Hall–Kier alpha value is -0.820. The number of likely N-dealkylation sites (tertiary alicyclic amines) is 1. The van der Waals surface area contributed by atoms with Crippen molar-refractivity contribution in [2.75, 3.05) is 46.0 Å². The highest BCUT2D eigenvalue weighted by molar-refractivity contribution is 14.0. The second kappa shape index (κ2) is 11.7. The molecule has 2 rings (SSSR count). The number of carbonyl (C=O) groups is 1. The Morgan fingerprint density at radius 1 is 1.17 bits per heavy atom. The molecule has 1 amide bonds. The van der Waals surface area contributed by atoms with Crippen LogP contribution in [0, 0.1) is 5.92 Å². The molecule has 2 saturated heterocycles. The second-order valence-electron chi connectivity index (χ2n) is 8.97. The van der Waals surface area contributed by atoms with Crippen LogP contribution in [-0.4, -0.2) is 87.3 Å². The van der Waals surface area contributed by atoms with E-state index in [2.05, 4.69) is 15.6 Å². The van der Waals surface area contributed by atoms with Crippen LogP contribution in [0.4, 0.5) is 4.79 Å². The summed E-state index contributed by atoms with van der Waals surface area (Å²) in [6, 6.07) is 0.120. The minimum absolute atomic E-state index is 0. The molecule has 0 aliphatic carbocycles. The van der Waals surface area contributed by atoms with E-state index in [1.807, 2.05) is 20.8 Å². The molecule has 0 aromatic carbocycles. The van der Waals surface area contributed by atoms with Crippen molar-refractivity contribution in [3.8, 4) is 0 Å². The summed E-state index contributed by atoms with van der Waals surface area (Å²) in [4.78, 5) is 18.4. The van der Waals surface area contributed by atoms with Crippen molar-refractivity contribution in [3.05, 3.63) is 0 Å². The van der Waals surface area contributed by atoms with Gasteiger partial charge in [-0.05, 0) is 52.4 Å². The summed E-state index contributed by atoms with van der Waals surface area (Å²) in [6.07, 6.45) is 4.55. The minimum atomic E-state index is -3.09. The Morgan fingerprint density at radius 2 is 1.80 bits per heavy atom. The van der Waals surface area contributed by atoms with Crippen LogP contribution in [0.1, 0.15) is 46.5 Å². The minimum Gasteiger partial charge on any atom is -0.444 e. The van der Waals surface area contributed by atoms with E-state index in [4.69, 9.17) is 4.74 Å². The third kappa shape index (κ3) is 9.13. The van der Waals surface area contributed by atoms with E-state index in [0.717, 1.165) is 32.2 Å². The standard InChI is InChI=1S/C19H37N5O4S.HI/c1-19(2,3)28-18(25)23-10-6-7-16(14-23)22-17(20-4)21-13-15-8-11-24(12-9-15)29(5,26)27;/h15-16H,6-14H2,1-5H3,(H2,20,21,22);1H. The molecule has 0 bridgehead atoms. The molecule has 2 aliphatic rings. The van der Waals surface area contributed by atoms with Crippen molar-refractivity contribution in [3.63, 3.8) is 0 Å². The third-order valence-corrected chi connectivity index (χ3v) is 6.54. The maximum atomic E-state index is 12.3. The lowest BCUT2D eigenvalue weighted by Gasteiger charge is -2.35. The summed E-state index contributed by atoms with van der Waals surface area (Å²) >= 11 is 0. The number of guanidine groups is 1. The first-order valence-corrected chi connectivity index (χ1v) is 12.2. The average Bonchev–Trinajstić information content (AvgIpc) is 2.63. The van der Waals surface area contributed by atoms with Crippen molar-refractivity contribution in [2.45, 2.75) is 58.1 Å². The van der Waals surface area contributed by atoms with Gasteiger partial charge < -0.3 is 20.3 Å². The number of ether oxygens (including phenoxy) is 1. The van der Waals surface area contributed by atoms with Crippen LogP contribution in [0.3, 0.4) is 0 Å². The van der Waals surface area contributed by atoms with Gasteiger partial charge in [-0.25, -0.2) is 17.5 Å². The molecule has 0 aromatic rings. The van der Waals surface area contributed by atoms with Crippen molar-refractivity contribution >= 4 is 46.1 Å². The fourth-order valence-electron chi connectivity index (χ4n) is 3.66. The van der Waals surface area contributed by atoms with Gasteiger partial charge in [0, 0.05) is 45.8 Å². The zero-order chi connectivity index (χ0) is 21.7. The van der Waals surface area contributed by atoms with E-state index in [9.17, 15) is 13.2 Å². The van der Waals surface area contributed by atoms with Gasteiger partial charge in [0.05, 0.1) is 6.26 Å². The molecule has 0 saturated carbocycles. The summed E-state index contributed by atoms with van der Waals surface area (Å²) in [5, 5.41) is 6.77. The fourth-order valence-corrected chi connectivity index (χ4v) is 4.54. The third-order valence-electron chi connectivity index (χ3n) is 5.24. The predicted molar refractivity (Wildman–Crippen MR) is 130 cm³/mol. The normalized spacial score (nSPS) is 22.2. The summed E-state index contributed by atoms with van der Waals surface area (Å²) in [6.45, 7) is 8.81. The van der Waals surface area contributed by atoms with E-state index in [1.165, 1.54) is 6.26 Å². The molecular formula is C19H38IN5O4S. The van der Waals surface area contributed by atoms with Crippen molar-refractivity contribution < 1.29 is 17.9 Å². The highest BCUT2D eigenvalue weighted by Gasteiger charge is 2.28. The average molecular weight is 560 g/mol. The monoisotopic (exact) mass is 559 g/mol. The molecule has 1 atom stereocenters. The smallest absolute Gasteiger partial charge is 0.410 e. The van der Waals surface area contributed by atoms with Crippen LogP contribution in [0.25, 0.3) is 0 Å². The number of amides is 1. The van der Waals surface area contributed by atoms with Crippen molar-refractivity contribution in [1.82, 2.24) is 19.8 Å². The topological polar surface area (TPSA) is 103 Å². The summed E-state index contributed by atoms with van der Waals surface area (Å²) < 4.78 is 30.3. The molecule has 0 spiro atoms. The molecule has 2 aliphatic heterocycles. The number of halogens is 1. The number of sulfonamides is 1. The van der Waals surface area contributed by atoms with Gasteiger partial charge in [0.25, 0.3) is 0 Å². The molecule has 1 unspecified atom stereocenters. The first-order chi connectivity index (χ1) is 13.5. The molecule has 11 heteroatoms. The predicted octanol–water partition coefficient (Wildman–Crippen LogP) is 1.84. The largest absolute Gasteiger partial charge is 0.444 e. The lowest BCUT2D eigenvalue weighted by atomic mass is 9.98. The zero-order valence-electron chi connectivity index (χ0n) is 18.8. The highest BCUT2D eigenvalue weighted by Crippen LogP contribution is 2.18. The van der Waals surface area contributed by atoms with Crippen LogP contribution in [0.15, 0.2) is 4.99 Å². The van der Waals surface area contributed by atoms with Crippen LogP contribution < -0.4 is 10.6 Å². The van der Waals surface area contributed by atoms with E-state index in [-0.39, 0.29) is 36.1 Å².